The summed E-state index contributed by atoms with van der Waals surface area (Å²) in [6, 6.07) is 5.58. The van der Waals surface area contributed by atoms with Gasteiger partial charge in [0.2, 0.25) is 0 Å². The van der Waals surface area contributed by atoms with Crippen LogP contribution in [0.5, 0.6) is 0 Å². The molecule has 0 saturated carbocycles. The van der Waals surface area contributed by atoms with Gasteiger partial charge in [-0.1, -0.05) is 6.07 Å². The molecule has 0 aromatic carbocycles. The number of amides is 1. The number of carbonyl (C=O) groups excluding carboxylic acids is 1. The van der Waals surface area contributed by atoms with E-state index in [1.807, 2.05) is 25.1 Å². The largest absolute Gasteiger partial charge is 0.392 e. The molecule has 2 heterocycles. The monoisotopic (exact) mass is 409 g/mol. The van der Waals surface area contributed by atoms with Crippen molar-refractivity contribution in [1.82, 2.24) is 20.9 Å². The highest BCUT2D eigenvalue weighted by Gasteiger charge is 2.16. The molecule has 1 aromatic rings. The molecule has 1 amide bonds. The lowest BCUT2D eigenvalue weighted by molar-refractivity contribution is -0.117. The zero-order valence-electron chi connectivity index (χ0n) is 17.2. The Kier molecular flexibility index (Phi) is 8.07. The molecule has 9 nitrogen and oxygen atoms in total. The summed E-state index contributed by atoms with van der Waals surface area (Å²) in [6.45, 7) is 3.54. The molecule has 1 aliphatic rings. The number of allylic oxidation sites excluding steroid dienone is 2. The minimum absolute atomic E-state index is 0.0843. The molecule has 1 aromatic heterocycles. The van der Waals surface area contributed by atoms with Crippen LogP contribution in [0.1, 0.15) is 12.6 Å². The van der Waals surface area contributed by atoms with Crippen LogP contribution < -0.4 is 21.3 Å². The molecule has 0 spiro atoms. The fourth-order valence-electron chi connectivity index (χ4n) is 2.55. The van der Waals surface area contributed by atoms with Crippen molar-refractivity contribution < 1.29 is 9.90 Å². The number of anilines is 1. The normalized spacial score (nSPS) is 16.0. The van der Waals surface area contributed by atoms with Crippen LogP contribution in [0, 0.1) is 17.7 Å². The van der Waals surface area contributed by atoms with Crippen LogP contribution in [0.15, 0.2) is 65.2 Å². The number of amidine groups is 1. The third kappa shape index (κ3) is 6.42. The Hall–Kier alpha value is -3.72. The lowest BCUT2D eigenvalue weighted by Crippen LogP contribution is -2.33. The van der Waals surface area contributed by atoms with Crippen LogP contribution >= 0.6 is 0 Å². The Morgan fingerprint density at radius 2 is 2.17 bits per heavy atom. The number of likely N-dealkylation sites (N-methyl/N-ethyl adjacent to an activating group) is 1. The maximum absolute atomic E-state index is 12.4. The summed E-state index contributed by atoms with van der Waals surface area (Å²) in [7, 11) is 1.65. The van der Waals surface area contributed by atoms with Gasteiger partial charge in [0.1, 0.15) is 11.7 Å². The summed E-state index contributed by atoms with van der Waals surface area (Å²) in [5.74, 6) is 0.331. The van der Waals surface area contributed by atoms with Crippen LogP contribution in [0.2, 0.25) is 0 Å². The van der Waals surface area contributed by atoms with Crippen LogP contribution in [-0.4, -0.2) is 47.7 Å². The first-order valence-electron chi connectivity index (χ1n) is 9.39. The molecular formula is C21H27N7O2. The second kappa shape index (κ2) is 10.7. The van der Waals surface area contributed by atoms with E-state index in [0.717, 1.165) is 11.9 Å². The number of carbonyl (C=O) groups is 1. The highest BCUT2D eigenvalue weighted by atomic mass is 16.3. The Labute approximate surface area is 175 Å². The molecule has 0 radical (unpaired) electrons. The predicted octanol–water partition coefficient (Wildman–Crippen LogP) is 1.33. The van der Waals surface area contributed by atoms with Gasteiger partial charge in [-0.3, -0.25) is 10.2 Å². The predicted molar refractivity (Wildman–Crippen MR) is 118 cm³/mol. The summed E-state index contributed by atoms with van der Waals surface area (Å²) >= 11 is 0. The second-order valence-corrected chi connectivity index (χ2v) is 6.62. The van der Waals surface area contributed by atoms with E-state index in [-0.39, 0.29) is 18.0 Å². The first-order chi connectivity index (χ1) is 14.3. The average molecular weight is 409 g/mol. The Bertz CT molecular complexity index is 942. The summed E-state index contributed by atoms with van der Waals surface area (Å²) in [4.78, 5) is 16.8. The van der Waals surface area contributed by atoms with Gasteiger partial charge in [0.25, 0.3) is 5.91 Å². The molecule has 0 bridgehead atoms. The van der Waals surface area contributed by atoms with Gasteiger partial charge in [-0.2, -0.15) is 0 Å². The minimum atomic E-state index is -0.690. The van der Waals surface area contributed by atoms with Gasteiger partial charge in [0, 0.05) is 43.4 Å². The molecule has 0 aliphatic carbocycles. The zero-order valence-corrected chi connectivity index (χ0v) is 17.2. The number of hydrogen-bond acceptors (Lipinski definition) is 7. The van der Waals surface area contributed by atoms with E-state index in [2.05, 4.69) is 26.3 Å². The van der Waals surface area contributed by atoms with E-state index >= 15 is 0 Å². The number of nitrogens with one attached hydrogen (secondary N) is 6. The third-order valence-corrected chi connectivity index (χ3v) is 4.06. The minimum Gasteiger partial charge on any atom is -0.392 e. The van der Waals surface area contributed by atoms with E-state index in [1.54, 1.807) is 38.4 Å². The number of aliphatic hydroxyl groups is 1. The van der Waals surface area contributed by atoms with Crippen LogP contribution in [0.3, 0.4) is 0 Å². The SMILES string of the molecule is CNC(=N)/C=C(\Nc1cccc(C)n1)C1=C/C(=C(/C=N)C(=O)NCC(C)O)NC=C1. The summed E-state index contributed by atoms with van der Waals surface area (Å²) in [6.07, 6.45) is 7.03. The van der Waals surface area contributed by atoms with E-state index in [9.17, 15) is 9.90 Å². The molecule has 0 fully saturated rings. The number of aromatic nitrogens is 1. The number of dihydropyridines is 1. The van der Waals surface area contributed by atoms with Crippen LogP contribution in [0.25, 0.3) is 0 Å². The number of rotatable bonds is 8. The highest BCUT2D eigenvalue weighted by Crippen LogP contribution is 2.20. The van der Waals surface area contributed by atoms with Gasteiger partial charge in [-0.05, 0) is 38.1 Å². The van der Waals surface area contributed by atoms with E-state index in [1.165, 1.54) is 0 Å². The van der Waals surface area contributed by atoms with Crippen molar-refractivity contribution in [2.45, 2.75) is 20.0 Å². The first kappa shape index (κ1) is 22.6. The third-order valence-electron chi connectivity index (χ3n) is 4.06. The number of aliphatic hydroxyl groups excluding tert-OH is 1. The quantitative estimate of drug-likeness (QED) is 0.196. The molecule has 0 saturated heterocycles. The maximum Gasteiger partial charge on any atom is 0.255 e. The summed E-state index contributed by atoms with van der Waals surface area (Å²) < 4.78 is 0. The van der Waals surface area contributed by atoms with Crippen LogP contribution in [0.4, 0.5) is 5.82 Å². The number of hydrogen-bond donors (Lipinski definition) is 7. The van der Waals surface area contributed by atoms with Crippen molar-refractivity contribution in [2.75, 3.05) is 18.9 Å². The van der Waals surface area contributed by atoms with Gasteiger partial charge in [-0.25, -0.2) is 4.98 Å². The van der Waals surface area contributed by atoms with Crippen molar-refractivity contribution >= 4 is 23.8 Å². The second-order valence-electron chi connectivity index (χ2n) is 6.62. The van der Waals surface area contributed by atoms with Gasteiger partial charge in [0.15, 0.2) is 0 Å². The van der Waals surface area contributed by atoms with Gasteiger partial charge in [-0.15, -0.1) is 0 Å². The summed E-state index contributed by atoms with van der Waals surface area (Å²) in [5, 5.41) is 36.5. The average Bonchev–Trinajstić information content (AvgIpc) is 2.72. The topological polar surface area (TPSA) is 146 Å². The number of pyridine rings is 1. The van der Waals surface area contributed by atoms with Crippen molar-refractivity contribution in [3.63, 3.8) is 0 Å². The van der Waals surface area contributed by atoms with E-state index in [0.29, 0.717) is 22.8 Å². The van der Waals surface area contributed by atoms with Gasteiger partial charge < -0.3 is 31.8 Å². The lowest BCUT2D eigenvalue weighted by Gasteiger charge is -2.18. The fraction of sp³-hybridized carbons (Fsp3) is 0.238. The highest BCUT2D eigenvalue weighted by molar-refractivity contribution is 6.12. The molecule has 30 heavy (non-hydrogen) atoms. The number of nitrogens with zero attached hydrogens (tertiary/aromatic N) is 1. The van der Waals surface area contributed by atoms with Crippen molar-refractivity contribution in [1.29, 1.82) is 10.8 Å². The summed E-state index contributed by atoms with van der Waals surface area (Å²) in [5.41, 5.74) is 2.67. The molecular weight excluding hydrogens is 382 g/mol. The standard InChI is InChI=1S/C21H27N7O2/c1-13-5-4-6-20(27-13)28-17(10-19(23)24-3)15-7-8-25-18(9-15)16(11-22)21(30)26-12-14(2)29/h4-11,14,22,25,29H,12H2,1-3H3,(H2,23,24)(H,26,30)(H,27,28)/b17-10-,18-16+,22-11?. The Balaban J connectivity index is 2.41. The van der Waals surface area contributed by atoms with E-state index in [4.69, 9.17) is 10.8 Å². The molecule has 9 heteroatoms. The van der Waals surface area contributed by atoms with Gasteiger partial charge in [0.05, 0.1) is 23.1 Å². The number of aryl methyl sites for hydroxylation is 1. The first-order valence-corrected chi connectivity index (χ1v) is 9.39. The van der Waals surface area contributed by atoms with Crippen molar-refractivity contribution in [3.05, 3.63) is 70.9 Å². The Morgan fingerprint density at radius 3 is 2.80 bits per heavy atom. The smallest absolute Gasteiger partial charge is 0.255 e. The van der Waals surface area contributed by atoms with Crippen molar-refractivity contribution in [3.8, 4) is 0 Å². The fourth-order valence-corrected chi connectivity index (χ4v) is 2.55. The maximum atomic E-state index is 12.4. The molecule has 1 atom stereocenters. The molecule has 1 unspecified atom stereocenters. The molecule has 1 aliphatic heterocycles. The molecule has 7 N–H and O–H groups in total. The molecule has 158 valence electrons. The zero-order chi connectivity index (χ0) is 22.1. The Morgan fingerprint density at radius 1 is 1.40 bits per heavy atom. The van der Waals surface area contributed by atoms with Crippen LogP contribution in [-0.2, 0) is 4.79 Å². The van der Waals surface area contributed by atoms with E-state index < -0.39 is 12.0 Å². The lowest BCUT2D eigenvalue weighted by atomic mass is 10.0. The molecule has 2 rings (SSSR count). The van der Waals surface area contributed by atoms with Crippen molar-refractivity contribution in [2.24, 2.45) is 0 Å². The van der Waals surface area contributed by atoms with Gasteiger partial charge >= 0.3 is 0 Å².